The first-order valence-corrected chi connectivity index (χ1v) is 10.4. The summed E-state index contributed by atoms with van der Waals surface area (Å²) in [4.78, 5) is 35.0. The number of esters is 1. The van der Waals surface area contributed by atoms with Gasteiger partial charge in [0, 0.05) is 16.1 Å². The standard InChI is InChI=1S/C23H18BrN3O6/c1-15-6-2-3-7-18(15)23(29)33-20-11-10-17(24)12-16(20)13-25-26-22(28)14-32-21-9-5-4-8-19(21)27(30)31/h2-13H,14H2,1H3,(H,26,28)/b25-13-. The van der Waals surface area contributed by atoms with E-state index in [0.29, 0.717) is 15.6 Å². The Balaban J connectivity index is 1.64. The Bertz CT molecular complexity index is 1230. The van der Waals surface area contributed by atoms with Crippen molar-refractivity contribution in [1.29, 1.82) is 0 Å². The maximum absolute atomic E-state index is 12.5. The highest BCUT2D eigenvalue weighted by molar-refractivity contribution is 9.10. The molecule has 0 radical (unpaired) electrons. The number of para-hydroxylation sites is 2. The van der Waals surface area contributed by atoms with Gasteiger partial charge < -0.3 is 9.47 Å². The predicted molar refractivity (Wildman–Crippen MR) is 125 cm³/mol. The number of nitro groups is 1. The van der Waals surface area contributed by atoms with Crippen LogP contribution in [0.4, 0.5) is 5.69 Å². The lowest BCUT2D eigenvalue weighted by Gasteiger charge is -2.09. The molecule has 33 heavy (non-hydrogen) atoms. The van der Waals surface area contributed by atoms with Crippen molar-refractivity contribution in [3.63, 3.8) is 0 Å². The molecule has 9 nitrogen and oxygen atoms in total. The fourth-order valence-electron chi connectivity index (χ4n) is 2.75. The molecular weight excluding hydrogens is 494 g/mol. The summed E-state index contributed by atoms with van der Waals surface area (Å²) in [5.41, 5.74) is 3.67. The summed E-state index contributed by atoms with van der Waals surface area (Å²) in [5.74, 6) is -0.926. The van der Waals surface area contributed by atoms with Crippen LogP contribution in [0.1, 0.15) is 21.5 Å². The first-order valence-electron chi connectivity index (χ1n) is 9.60. The predicted octanol–water partition coefficient (Wildman–Crippen LogP) is 4.41. The monoisotopic (exact) mass is 511 g/mol. The van der Waals surface area contributed by atoms with Gasteiger partial charge in [-0.25, -0.2) is 10.2 Å². The third kappa shape index (κ3) is 6.47. The number of hydrazone groups is 1. The van der Waals surface area contributed by atoms with Crippen LogP contribution in [0.25, 0.3) is 0 Å². The van der Waals surface area contributed by atoms with Crippen LogP contribution in [-0.4, -0.2) is 29.6 Å². The lowest BCUT2D eigenvalue weighted by atomic mass is 10.1. The zero-order valence-electron chi connectivity index (χ0n) is 17.4. The van der Waals surface area contributed by atoms with E-state index in [9.17, 15) is 19.7 Å². The van der Waals surface area contributed by atoms with Gasteiger partial charge in [0.1, 0.15) is 5.75 Å². The molecule has 0 aromatic heterocycles. The van der Waals surface area contributed by atoms with Crippen LogP contribution in [0, 0.1) is 17.0 Å². The molecule has 10 heteroatoms. The number of ether oxygens (including phenoxy) is 2. The summed E-state index contributed by atoms with van der Waals surface area (Å²) in [6, 6.07) is 17.7. The highest BCUT2D eigenvalue weighted by atomic mass is 79.9. The SMILES string of the molecule is Cc1ccccc1C(=O)Oc1ccc(Br)cc1/C=N\NC(=O)COc1ccccc1[N+](=O)[O-]. The summed E-state index contributed by atoms with van der Waals surface area (Å²) >= 11 is 3.34. The molecule has 3 aromatic carbocycles. The fraction of sp³-hybridized carbons (Fsp3) is 0.0870. The molecule has 0 fully saturated rings. The number of rotatable bonds is 8. The van der Waals surface area contributed by atoms with Gasteiger partial charge in [-0.1, -0.05) is 46.3 Å². The molecule has 0 aliphatic rings. The molecule has 0 saturated carbocycles. The average molecular weight is 512 g/mol. The number of aryl methyl sites for hydroxylation is 1. The van der Waals surface area contributed by atoms with Gasteiger partial charge in [-0.2, -0.15) is 5.10 Å². The minimum atomic E-state index is -0.627. The highest BCUT2D eigenvalue weighted by Crippen LogP contribution is 2.26. The van der Waals surface area contributed by atoms with Gasteiger partial charge >= 0.3 is 11.7 Å². The summed E-state index contributed by atoms with van der Waals surface area (Å²) in [6.45, 7) is 1.33. The van der Waals surface area contributed by atoms with Gasteiger partial charge in [0.05, 0.1) is 16.7 Å². The summed E-state index contributed by atoms with van der Waals surface area (Å²) in [7, 11) is 0. The number of nitrogens with zero attached hydrogens (tertiary/aromatic N) is 2. The number of benzene rings is 3. The van der Waals surface area contributed by atoms with Crippen molar-refractivity contribution in [3.8, 4) is 11.5 Å². The number of carbonyl (C=O) groups is 2. The van der Waals surface area contributed by atoms with Gasteiger partial charge in [-0.15, -0.1) is 0 Å². The number of halogens is 1. The first-order chi connectivity index (χ1) is 15.8. The third-order valence-electron chi connectivity index (χ3n) is 4.35. The van der Waals surface area contributed by atoms with Crippen molar-refractivity contribution in [2.24, 2.45) is 5.10 Å². The first kappa shape index (κ1) is 23.6. The fourth-order valence-corrected chi connectivity index (χ4v) is 3.13. The van der Waals surface area contributed by atoms with E-state index in [1.807, 2.05) is 19.1 Å². The van der Waals surface area contributed by atoms with Crippen LogP contribution in [0.15, 0.2) is 76.3 Å². The Hall–Kier alpha value is -4.05. The van der Waals surface area contributed by atoms with Gasteiger partial charge in [0.15, 0.2) is 12.4 Å². The minimum absolute atomic E-state index is 0.0287. The molecule has 3 aromatic rings. The van der Waals surface area contributed by atoms with Crippen LogP contribution in [0.2, 0.25) is 0 Å². The lowest BCUT2D eigenvalue weighted by Crippen LogP contribution is -2.24. The van der Waals surface area contributed by atoms with Crippen LogP contribution in [0.3, 0.4) is 0 Å². The average Bonchev–Trinajstić information content (AvgIpc) is 2.79. The van der Waals surface area contributed by atoms with E-state index in [1.165, 1.54) is 24.4 Å². The number of hydrogen-bond acceptors (Lipinski definition) is 7. The summed E-state index contributed by atoms with van der Waals surface area (Å²) in [6.07, 6.45) is 1.31. The van der Waals surface area contributed by atoms with E-state index < -0.39 is 23.4 Å². The van der Waals surface area contributed by atoms with Crippen molar-refractivity contribution in [3.05, 3.63) is 98.0 Å². The molecule has 168 valence electrons. The Labute approximate surface area is 197 Å². The number of hydrogen-bond donors (Lipinski definition) is 1. The van der Waals surface area contributed by atoms with Crippen molar-refractivity contribution in [2.45, 2.75) is 6.92 Å². The Morgan fingerprint density at radius 1 is 1.09 bits per heavy atom. The zero-order valence-corrected chi connectivity index (χ0v) is 18.9. The molecule has 0 saturated heterocycles. The van der Waals surface area contributed by atoms with Crippen molar-refractivity contribution in [2.75, 3.05) is 6.61 Å². The number of nitro benzene ring substituents is 1. The number of nitrogens with one attached hydrogen (secondary N) is 1. The molecule has 3 rings (SSSR count). The van der Waals surface area contributed by atoms with Gasteiger partial charge in [-0.3, -0.25) is 14.9 Å². The van der Waals surface area contributed by atoms with Crippen LogP contribution >= 0.6 is 15.9 Å². The van der Waals surface area contributed by atoms with E-state index in [-0.39, 0.29) is 17.2 Å². The second-order valence-electron chi connectivity index (χ2n) is 6.69. The molecule has 1 N–H and O–H groups in total. The number of carbonyl (C=O) groups excluding carboxylic acids is 2. The zero-order chi connectivity index (χ0) is 23.8. The highest BCUT2D eigenvalue weighted by Gasteiger charge is 2.15. The van der Waals surface area contributed by atoms with E-state index in [4.69, 9.17) is 9.47 Å². The van der Waals surface area contributed by atoms with E-state index >= 15 is 0 Å². The van der Waals surface area contributed by atoms with Gasteiger partial charge in [-0.05, 0) is 42.8 Å². The van der Waals surface area contributed by atoms with E-state index in [2.05, 4.69) is 26.5 Å². The van der Waals surface area contributed by atoms with Crippen molar-refractivity contribution >= 4 is 39.7 Å². The van der Waals surface area contributed by atoms with Gasteiger partial charge in [0.25, 0.3) is 5.91 Å². The third-order valence-corrected chi connectivity index (χ3v) is 4.85. The molecule has 0 aliphatic heterocycles. The van der Waals surface area contributed by atoms with Crippen molar-refractivity contribution in [1.82, 2.24) is 5.43 Å². The van der Waals surface area contributed by atoms with E-state index in [0.717, 1.165) is 5.56 Å². The van der Waals surface area contributed by atoms with Crippen molar-refractivity contribution < 1.29 is 24.0 Å². The Morgan fingerprint density at radius 3 is 2.58 bits per heavy atom. The van der Waals surface area contributed by atoms with Crippen LogP contribution in [0.5, 0.6) is 11.5 Å². The topological polar surface area (TPSA) is 120 Å². The number of amides is 1. The Kier molecular flexibility index (Phi) is 7.87. The molecule has 0 heterocycles. The maximum atomic E-state index is 12.5. The van der Waals surface area contributed by atoms with Crippen LogP contribution < -0.4 is 14.9 Å². The van der Waals surface area contributed by atoms with E-state index in [1.54, 1.807) is 36.4 Å². The molecule has 0 spiro atoms. The normalized spacial score (nSPS) is 10.6. The summed E-state index contributed by atoms with van der Waals surface area (Å²) in [5, 5.41) is 14.9. The maximum Gasteiger partial charge on any atom is 0.343 e. The quantitative estimate of drug-likeness (QED) is 0.157. The molecule has 0 bridgehead atoms. The largest absolute Gasteiger partial charge is 0.477 e. The Morgan fingerprint density at radius 2 is 1.82 bits per heavy atom. The summed E-state index contributed by atoms with van der Waals surface area (Å²) < 4.78 is 11.4. The van der Waals surface area contributed by atoms with Gasteiger partial charge in [0.2, 0.25) is 0 Å². The lowest BCUT2D eigenvalue weighted by molar-refractivity contribution is -0.385. The van der Waals surface area contributed by atoms with Crippen LogP contribution in [-0.2, 0) is 4.79 Å². The minimum Gasteiger partial charge on any atom is -0.477 e. The molecule has 0 aliphatic carbocycles. The second kappa shape index (κ2) is 11.0. The molecule has 0 unspecified atom stereocenters. The molecule has 0 atom stereocenters. The second-order valence-corrected chi connectivity index (χ2v) is 7.61. The smallest absolute Gasteiger partial charge is 0.343 e. The molecular formula is C23H18BrN3O6. The molecule has 1 amide bonds.